The van der Waals surface area contributed by atoms with Crippen LogP contribution in [0.2, 0.25) is 0 Å². The van der Waals surface area contributed by atoms with Gasteiger partial charge in [-0.2, -0.15) is 17.5 Å². The maximum atomic E-state index is 13.5. The predicted octanol–water partition coefficient (Wildman–Crippen LogP) is 3.65. The second kappa shape index (κ2) is 8.60. The number of hydrogen-bond acceptors (Lipinski definition) is 4. The lowest BCUT2D eigenvalue weighted by atomic mass is 9.96. The van der Waals surface area contributed by atoms with Gasteiger partial charge in [-0.15, -0.1) is 0 Å². The largest absolute Gasteiger partial charge is 0.481 e. The molecular formula is C21H22F3NO5S. The summed E-state index contributed by atoms with van der Waals surface area (Å²) in [5.41, 5.74) is -0.0127. The first-order valence-electron chi connectivity index (χ1n) is 9.50. The van der Waals surface area contributed by atoms with E-state index < -0.39 is 38.5 Å². The van der Waals surface area contributed by atoms with Gasteiger partial charge in [-0.3, -0.25) is 4.79 Å². The lowest BCUT2D eigenvalue weighted by Crippen LogP contribution is -2.30. The van der Waals surface area contributed by atoms with Crippen LogP contribution in [-0.2, 0) is 32.2 Å². The summed E-state index contributed by atoms with van der Waals surface area (Å²) in [6.45, 7) is 2.00. The Balaban J connectivity index is 2.04. The molecule has 2 unspecified atom stereocenters. The van der Waals surface area contributed by atoms with Gasteiger partial charge in [0.15, 0.2) is 0 Å². The number of rotatable bonds is 8. The normalized spacial score (nSPS) is 17.5. The van der Waals surface area contributed by atoms with E-state index in [0.717, 1.165) is 10.4 Å². The molecule has 1 aliphatic heterocycles. The third kappa shape index (κ3) is 5.63. The van der Waals surface area contributed by atoms with E-state index in [-0.39, 0.29) is 24.6 Å². The van der Waals surface area contributed by atoms with Crippen LogP contribution >= 0.6 is 0 Å². The highest BCUT2D eigenvalue weighted by Crippen LogP contribution is 2.35. The molecule has 0 spiro atoms. The van der Waals surface area contributed by atoms with Gasteiger partial charge in [-0.25, -0.2) is 8.42 Å². The molecule has 2 aromatic carbocycles. The van der Waals surface area contributed by atoms with Gasteiger partial charge in [0.25, 0.3) is 0 Å². The Bertz CT molecular complexity index is 1080. The van der Waals surface area contributed by atoms with Gasteiger partial charge in [-0.05, 0) is 41.3 Å². The molecule has 2 aromatic rings. The zero-order valence-corrected chi connectivity index (χ0v) is 17.7. The summed E-state index contributed by atoms with van der Waals surface area (Å²) in [5.74, 6) is -1.66. The van der Waals surface area contributed by atoms with E-state index in [4.69, 9.17) is 9.84 Å². The summed E-state index contributed by atoms with van der Waals surface area (Å²) in [6.07, 6.45) is -4.80. The van der Waals surface area contributed by atoms with Crippen molar-refractivity contribution in [3.8, 4) is 11.1 Å². The number of carboxylic acids is 1. The number of benzene rings is 2. The molecule has 2 atom stereocenters. The molecule has 1 fully saturated rings. The molecule has 1 aliphatic rings. The Morgan fingerprint density at radius 1 is 1.23 bits per heavy atom. The van der Waals surface area contributed by atoms with E-state index in [1.165, 1.54) is 20.0 Å². The number of nitrogens with zero attached hydrogens (tertiary/aromatic N) is 1. The van der Waals surface area contributed by atoms with Gasteiger partial charge in [-0.1, -0.05) is 31.2 Å². The summed E-state index contributed by atoms with van der Waals surface area (Å²) < 4.78 is 72.3. The number of sulfonamides is 1. The fourth-order valence-electron chi connectivity index (χ4n) is 3.14. The summed E-state index contributed by atoms with van der Waals surface area (Å²) in [5, 5.41) is 9.10. The van der Waals surface area contributed by atoms with Crippen molar-refractivity contribution in [1.82, 2.24) is 4.31 Å². The van der Waals surface area contributed by atoms with Gasteiger partial charge >= 0.3 is 12.1 Å². The second-order valence-electron chi connectivity index (χ2n) is 7.63. The Morgan fingerprint density at radius 3 is 2.48 bits per heavy atom. The zero-order chi connectivity index (χ0) is 23.0. The highest BCUT2D eigenvalue weighted by Gasteiger charge is 2.35. The fourth-order valence-corrected chi connectivity index (χ4v) is 4.41. The Labute approximate surface area is 178 Å². The van der Waals surface area contributed by atoms with Crippen molar-refractivity contribution in [2.45, 2.75) is 30.5 Å². The van der Waals surface area contributed by atoms with Crippen molar-refractivity contribution < 1.29 is 36.2 Å². The first kappa shape index (κ1) is 23.2. The molecule has 0 bridgehead atoms. The minimum Gasteiger partial charge on any atom is -0.481 e. The van der Waals surface area contributed by atoms with Gasteiger partial charge in [0.1, 0.15) is 0 Å². The molecule has 0 aliphatic carbocycles. The van der Waals surface area contributed by atoms with Crippen LogP contribution in [0.3, 0.4) is 0 Å². The molecule has 0 saturated carbocycles. The summed E-state index contributed by atoms with van der Waals surface area (Å²) in [7, 11) is -2.88. The number of carbonyl (C=O) groups is 1. The van der Waals surface area contributed by atoms with E-state index in [2.05, 4.69) is 0 Å². The summed E-state index contributed by atoms with van der Waals surface area (Å²) in [4.78, 5) is 10.6. The van der Waals surface area contributed by atoms with Crippen LogP contribution < -0.4 is 0 Å². The van der Waals surface area contributed by atoms with E-state index in [0.29, 0.717) is 23.8 Å². The van der Waals surface area contributed by atoms with Crippen LogP contribution in [0.4, 0.5) is 13.2 Å². The molecule has 6 nitrogen and oxygen atoms in total. The van der Waals surface area contributed by atoms with Crippen molar-refractivity contribution in [1.29, 1.82) is 0 Å². The van der Waals surface area contributed by atoms with E-state index in [1.807, 2.05) is 0 Å². The van der Waals surface area contributed by atoms with E-state index >= 15 is 0 Å². The number of ether oxygens (including phenoxy) is 1. The average Bonchev–Trinajstić information content (AvgIpc) is 3.51. The number of alkyl halides is 3. The van der Waals surface area contributed by atoms with E-state index in [9.17, 15) is 26.4 Å². The molecular weight excluding hydrogens is 435 g/mol. The maximum Gasteiger partial charge on any atom is 0.416 e. The van der Waals surface area contributed by atoms with Crippen LogP contribution in [0, 0.1) is 5.92 Å². The van der Waals surface area contributed by atoms with Crippen LogP contribution in [0.15, 0.2) is 47.4 Å². The molecule has 10 heteroatoms. The SMILES string of the molecule is CC(Cc1cccc(-c2cc(C(F)(F)F)cc(S(=O)(=O)N(C)CC3CO3)c2)c1)C(=O)O. The second-order valence-corrected chi connectivity index (χ2v) is 9.67. The first-order chi connectivity index (χ1) is 14.4. The topological polar surface area (TPSA) is 87.2 Å². The number of likely N-dealkylation sites (N-methyl/N-ethyl adjacent to an activating group) is 1. The van der Waals surface area contributed by atoms with Crippen molar-refractivity contribution in [3.05, 3.63) is 53.6 Å². The zero-order valence-electron chi connectivity index (χ0n) is 16.9. The van der Waals surface area contributed by atoms with Crippen molar-refractivity contribution in [3.63, 3.8) is 0 Å². The number of carboxylic acid groups (broad SMARTS) is 1. The first-order valence-corrected chi connectivity index (χ1v) is 10.9. The van der Waals surface area contributed by atoms with Crippen LogP contribution in [0.25, 0.3) is 11.1 Å². The molecule has 0 aromatic heterocycles. The lowest BCUT2D eigenvalue weighted by molar-refractivity contribution is -0.141. The molecule has 168 valence electrons. The highest BCUT2D eigenvalue weighted by molar-refractivity contribution is 7.89. The Morgan fingerprint density at radius 2 is 1.90 bits per heavy atom. The van der Waals surface area contributed by atoms with Crippen LogP contribution in [0.5, 0.6) is 0 Å². The van der Waals surface area contributed by atoms with Crippen LogP contribution in [-0.4, -0.2) is 50.1 Å². The van der Waals surface area contributed by atoms with Gasteiger partial charge < -0.3 is 9.84 Å². The van der Waals surface area contributed by atoms with Gasteiger partial charge in [0, 0.05) is 13.6 Å². The number of epoxide rings is 1. The predicted molar refractivity (Wildman–Crippen MR) is 107 cm³/mol. The number of hydrogen-bond donors (Lipinski definition) is 1. The molecule has 3 rings (SSSR count). The fraction of sp³-hybridized carbons (Fsp3) is 0.381. The highest BCUT2D eigenvalue weighted by atomic mass is 32.2. The maximum absolute atomic E-state index is 13.5. The third-order valence-corrected chi connectivity index (χ3v) is 6.83. The molecule has 31 heavy (non-hydrogen) atoms. The standard InChI is InChI=1S/C21H22F3NO5S/c1-13(20(26)27)6-14-4-3-5-15(7-14)16-8-17(21(22,23)24)10-19(9-16)31(28,29)25(2)11-18-12-30-18/h3-5,7-10,13,18H,6,11-12H2,1-2H3,(H,26,27). The average molecular weight is 457 g/mol. The minimum absolute atomic E-state index is 0.0521. The molecule has 1 saturated heterocycles. The number of halogens is 3. The molecule has 0 amide bonds. The van der Waals surface area contributed by atoms with Crippen LogP contribution in [0.1, 0.15) is 18.1 Å². The van der Waals surface area contributed by atoms with Crippen molar-refractivity contribution in [2.24, 2.45) is 5.92 Å². The Kier molecular flexibility index (Phi) is 6.45. The molecule has 0 radical (unpaired) electrons. The lowest BCUT2D eigenvalue weighted by Gasteiger charge is -2.19. The van der Waals surface area contributed by atoms with Gasteiger partial charge in [0.05, 0.1) is 29.1 Å². The Hall–Kier alpha value is -2.43. The third-order valence-electron chi connectivity index (χ3n) is 5.03. The van der Waals surface area contributed by atoms with E-state index in [1.54, 1.807) is 24.3 Å². The molecule has 1 heterocycles. The smallest absolute Gasteiger partial charge is 0.416 e. The number of aliphatic carboxylic acids is 1. The monoisotopic (exact) mass is 457 g/mol. The van der Waals surface area contributed by atoms with Gasteiger partial charge in [0.2, 0.25) is 10.0 Å². The quantitative estimate of drug-likeness (QED) is 0.612. The summed E-state index contributed by atoms with van der Waals surface area (Å²) in [6, 6.07) is 9.13. The van der Waals surface area contributed by atoms with Crippen molar-refractivity contribution >= 4 is 16.0 Å². The van der Waals surface area contributed by atoms with Crippen molar-refractivity contribution in [2.75, 3.05) is 20.2 Å². The molecule has 1 N–H and O–H groups in total. The summed E-state index contributed by atoms with van der Waals surface area (Å²) >= 11 is 0. The minimum atomic E-state index is -4.74.